The Morgan fingerprint density at radius 2 is 1.67 bits per heavy atom. The van der Waals surface area contributed by atoms with Gasteiger partial charge in [-0.3, -0.25) is 0 Å². The smallest absolute Gasteiger partial charge is 0.153 e. The Morgan fingerprint density at radius 3 is 2.14 bits per heavy atom. The van der Waals surface area contributed by atoms with Crippen molar-refractivity contribution in [2.24, 2.45) is 5.92 Å². The summed E-state index contributed by atoms with van der Waals surface area (Å²) >= 11 is 0. The molecule has 0 heterocycles. The van der Waals surface area contributed by atoms with Crippen LogP contribution in [0.4, 0.5) is 0 Å². The number of hydrogen-bond acceptors (Lipinski definition) is 3. The van der Waals surface area contributed by atoms with Gasteiger partial charge in [0, 0.05) is 0 Å². The van der Waals surface area contributed by atoms with E-state index in [0.717, 1.165) is 10.5 Å². The van der Waals surface area contributed by atoms with Gasteiger partial charge >= 0.3 is 0 Å². The fourth-order valence-corrected chi connectivity index (χ4v) is 2.16. The van der Waals surface area contributed by atoms with Gasteiger partial charge in [0.15, 0.2) is 5.60 Å². The zero-order chi connectivity index (χ0) is 15.7. The molecule has 1 aromatic rings. The van der Waals surface area contributed by atoms with Crippen molar-refractivity contribution in [3.63, 3.8) is 0 Å². The third-order valence-electron chi connectivity index (χ3n) is 3.60. The highest BCUT2D eigenvalue weighted by molar-refractivity contribution is 5.32. The largest absolute Gasteiger partial charge is 0.391 e. The van der Waals surface area contributed by atoms with Crippen LogP contribution in [0.25, 0.3) is 0 Å². The Labute approximate surface area is 127 Å². The maximum absolute atomic E-state index is 10.9. The summed E-state index contributed by atoms with van der Waals surface area (Å²) in [7, 11) is 0. The molecule has 0 radical (unpaired) electrons. The van der Waals surface area contributed by atoms with Gasteiger partial charge in [-0.1, -0.05) is 50.1 Å². The van der Waals surface area contributed by atoms with Crippen LogP contribution in [0.15, 0.2) is 30.3 Å². The molecular formula is C17H26NO3+. The van der Waals surface area contributed by atoms with Gasteiger partial charge in [0.1, 0.15) is 19.6 Å². The van der Waals surface area contributed by atoms with Crippen molar-refractivity contribution < 1.29 is 20.2 Å². The van der Waals surface area contributed by atoms with E-state index < -0.39 is 5.60 Å². The molecule has 0 aromatic heterocycles. The third kappa shape index (κ3) is 5.14. The van der Waals surface area contributed by atoms with Crippen LogP contribution in [-0.2, 0) is 5.60 Å². The van der Waals surface area contributed by atoms with Crippen molar-refractivity contribution in [2.45, 2.75) is 19.4 Å². The summed E-state index contributed by atoms with van der Waals surface area (Å²) in [5, 5.41) is 28.8. The zero-order valence-corrected chi connectivity index (χ0v) is 12.8. The normalized spacial score (nSPS) is 13.9. The van der Waals surface area contributed by atoms with Gasteiger partial charge in [-0.15, -0.1) is 0 Å². The van der Waals surface area contributed by atoms with Gasteiger partial charge in [-0.2, -0.15) is 0 Å². The summed E-state index contributed by atoms with van der Waals surface area (Å²) in [5.41, 5.74) is -0.386. The van der Waals surface area contributed by atoms with E-state index in [9.17, 15) is 5.11 Å². The molecule has 1 rings (SSSR count). The van der Waals surface area contributed by atoms with E-state index >= 15 is 0 Å². The molecule has 1 atom stereocenters. The van der Waals surface area contributed by atoms with Gasteiger partial charge < -0.3 is 20.2 Å². The number of rotatable bonds is 7. The van der Waals surface area contributed by atoms with Crippen LogP contribution in [0.2, 0.25) is 0 Å². The van der Waals surface area contributed by atoms with Crippen LogP contribution in [0.1, 0.15) is 19.4 Å². The van der Waals surface area contributed by atoms with Crippen molar-refractivity contribution in [1.82, 2.24) is 0 Å². The molecule has 116 valence electrons. The summed E-state index contributed by atoms with van der Waals surface area (Å²) in [5.74, 6) is 5.96. The lowest BCUT2D eigenvalue weighted by Crippen LogP contribution is -3.12. The quantitative estimate of drug-likeness (QED) is 0.508. The second kappa shape index (κ2) is 8.81. The molecule has 4 N–H and O–H groups in total. The number of quaternary nitrogens is 1. The minimum absolute atomic E-state index is 0.0356. The zero-order valence-electron chi connectivity index (χ0n) is 12.8. The van der Waals surface area contributed by atoms with Crippen LogP contribution in [0, 0.1) is 17.8 Å². The SMILES string of the molecule is CC(C)[C@](O)(C#CC[NH+](CCO)CCO)c1ccccc1. The van der Waals surface area contributed by atoms with Crippen molar-refractivity contribution >= 4 is 0 Å². The van der Waals surface area contributed by atoms with E-state index in [4.69, 9.17) is 10.2 Å². The first-order valence-electron chi connectivity index (χ1n) is 7.37. The first kappa shape index (κ1) is 17.7. The minimum atomic E-state index is -1.18. The highest BCUT2D eigenvalue weighted by Crippen LogP contribution is 2.28. The lowest BCUT2D eigenvalue weighted by molar-refractivity contribution is -0.893. The van der Waals surface area contributed by atoms with Crippen LogP contribution in [-0.4, -0.2) is 48.2 Å². The highest BCUT2D eigenvalue weighted by atomic mass is 16.3. The third-order valence-corrected chi connectivity index (χ3v) is 3.60. The number of hydrogen-bond donors (Lipinski definition) is 4. The van der Waals surface area contributed by atoms with E-state index in [-0.39, 0.29) is 19.1 Å². The summed E-state index contributed by atoms with van der Waals surface area (Å²) < 4.78 is 0. The minimum Gasteiger partial charge on any atom is -0.391 e. The van der Waals surface area contributed by atoms with E-state index in [2.05, 4.69) is 11.8 Å². The maximum atomic E-state index is 10.9. The highest BCUT2D eigenvalue weighted by Gasteiger charge is 2.30. The van der Waals surface area contributed by atoms with E-state index in [1.54, 1.807) is 0 Å². The van der Waals surface area contributed by atoms with E-state index in [0.29, 0.717) is 19.6 Å². The van der Waals surface area contributed by atoms with E-state index in [1.807, 2.05) is 44.2 Å². The lowest BCUT2D eigenvalue weighted by atomic mass is 9.84. The Hall–Kier alpha value is -1.38. The molecule has 0 aliphatic carbocycles. The molecule has 4 heteroatoms. The number of nitrogens with one attached hydrogen (secondary N) is 1. The van der Waals surface area contributed by atoms with Gasteiger partial charge in [-0.25, -0.2) is 0 Å². The van der Waals surface area contributed by atoms with Gasteiger partial charge in [-0.05, 0) is 17.4 Å². The predicted octanol–water partition coefficient (Wildman–Crippen LogP) is -0.597. The Bertz CT molecular complexity index is 458. The average molecular weight is 292 g/mol. The molecule has 0 fully saturated rings. The Balaban J connectivity index is 2.87. The summed E-state index contributed by atoms with van der Waals surface area (Å²) in [6.45, 7) is 5.57. The van der Waals surface area contributed by atoms with Crippen molar-refractivity contribution in [3.05, 3.63) is 35.9 Å². The van der Waals surface area contributed by atoms with Crippen molar-refractivity contribution in [1.29, 1.82) is 0 Å². The second-order valence-corrected chi connectivity index (χ2v) is 5.46. The molecule has 0 aliphatic rings. The van der Waals surface area contributed by atoms with Crippen LogP contribution in [0.5, 0.6) is 0 Å². The maximum Gasteiger partial charge on any atom is 0.153 e. The first-order valence-corrected chi connectivity index (χ1v) is 7.37. The first-order chi connectivity index (χ1) is 10.0. The van der Waals surface area contributed by atoms with Gasteiger partial charge in [0.2, 0.25) is 0 Å². The van der Waals surface area contributed by atoms with Crippen molar-refractivity contribution in [2.75, 3.05) is 32.8 Å². The molecule has 0 unspecified atom stereocenters. The average Bonchev–Trinajstić information content (AvgIpc) is 2.48. The van der Waals surface area contributed by atoms with E-state index in [1.165, 1.54) is 0 Å². The monoisotopic (exact) mass is 292 g/mol. The molecular weight excluding hydrogens is 266 g/mol. The molecule has 1 aromatic carbocycles. The molecule has 0 spiro atoms. The second-order valence-electron chi connectivity index (χ2n) is 5.46. The number of aliphatic hydroxyl groups is 3. The molecule has 4 nitrogen and oxygen atoms in total. The van der Waals surface area contributed by atoms with Crippen LogP contribution >= 0.6 is 0 Å². The number of benzene rings is 1. The molecule has 0 saturated carbocycles. The molecule has 0 aliphatic heterocycles. The summed E-state index contributed by atoms with van der Waals surface area (Å²) in [6.07, 6.45) is 0. The van der Waals surface area contributed by atoms with Crippen molar-refractivity contribution in [3.8, 4) is 11.8 Å². The van der Waals surface area contributed by atoms with Gasteiger partial charge in [0.05, 0.1) is 13.2 Å². The standard InChI is InChI=1S/C17H25NO3/c1-15(2)17(21,16-7-4-3-5-8-16)9-6-10-18(11-13-19)12-14-20/h3-5,7-8,15,19-21H,10-14H2,1-2H3/p+1/t17-/m1/s1. The fourth-order valence-electron chi connectivity index (χ4n) is 2.16. The predicted molar refractivity (Wildman–Crippen MR) is 82.7 cm³/mol. The van der Waals surface area contributed by atoms with Gasteiger partial charge in [0.25, 0.3) is 0 Å². The summed E-state index contributed by atoms with van der Waals surface area (Å²) in [6, 6.07) is 9.44. The number of aliphatic hydroxyl groups excluding tert-OH is 2. The molecule has 0 amide bonds. The summed E-state index contributed by atoms with van der Waals surface area (Å²) in [4.78, 5) is 1.01. The van der Waals surface area contributed by atoms with Crippen LogP contribution < -0.4 is 4.90 Å². The Morgan fingerprint density at radius 1 is 1.10 bits per heavy atom. The molecule has 21 heavy (non-hydrogen) atoms. The topological polar surface area (TPSA) is 65.1 Å². The molecule has 0 saturated heterocycles. The fraction of sp³-hybridized carbons (Fsp3) is 0.529. The van der Waals surface area contributed by atoms with Crippen LogP contribution in [0.3, 0.4) is 0 Å². The Kier molecular flexibility index (Phi) is 7.41. The molecule has 0 bridgehead atoms. The lowest BCUT2D eigenvalue weighted by Gasteiger charge is -2.27.